The van der Waals surface area contributed by atoms with Gasteiger partial charge in [0, 0.05) is 12.6 Å². The van der Waals surface area contributed by atoms with Crippen molar-refractivity contribution in [1.82, 2.24) is 4.90 Å². The van der Waals surface area contributed by atoms with Crippen LogP contribution in [0.2, 0.25) is 0 Å². The normalized spacial score (nSPS) is 33.7. The average molecular weight is 249 g/mol. The van der Waals surface area contributed by atoms with E-state index in [1.54, 1.807) is 6.92 Å². The minimum Gasteiger partial charge on any atom is -0.390 e. The number of benzene rings is 1. The Morgan fingerprint density at radius 3 is 2.61 bits per heavy atom. The number of rotatable bonds is 1. The lowest BCUT2D eigenvalue weighted by Gasteiger charge is -2.44. The molecule has 2 rings (SSSR count). The molecule has 1 fully saturated rings. The molecule has 1 aliphatic rings. The summed E-state index contributed by atoms with van der Waals surface area (Å²) in [5.74, 6) is 0. The number of nitrogens with zero attached hydrogens (tertiary/aromatic N) is 1. The van der Waals surface area contributed by atoms with Crippen LogP contribution in [0.4, 0.5) is 0 Å². The van der Waals surface area contributed by atoms with Crippen molar-refractivity contribution in [3.63, 3.8) is 0 Å². The quantitative estimate of drug-likeness (QED) is 0.797. The smallest absolute Gasteiger partial charge is 0.100 e. The van der Waals surface area contributed by atoms with E-state index in [1.165, 1.54) is 16.7 Å². The third kappa shape index (κ3) is 2.44. The molecule has 1 aliphatic heterocycles. The predicted octanol–water partition coefficient (Wildman–Crippen LogP) is 1.79. The molecule has 0 radical (unpaired) electrons. The average Bonchev–Trinajstić information content (AvgIpc) is 2.24. The molecule has 18 heavy (non-hydrogen) atoms. The number of aryl methyl sites for hydroxylation is 2. The van der Waals surface area contributed by atoms with Crippen molar-refractivity contribution in [2.24, 2.45) is 0 Å². The lowest BCUT2D eigenvalue weighted by molar-refractivity contribution is -0.121. The fourth-order valence-corrected chi connectivity index (χ4v) is 2.93. The topological polar surface area (TPSA) is 43.7 Å². The first-order chi connectivity index (χ1) is 8.31. The van der Waals surface area contributed by atoms with E-state index in [4.69, 9.17) is 0 Å². The molecule has 3 unspecified atom stereocenters. The third-order valence-corrected chi connectivity index (χ3v) is 4.05. The largest absolute Gasteiger partial charge is 0.390 e. The van der Waals surface area contributed by atoms with Crippen LogP contribution in [0.1, 0.15) is 36.1 Å². The van der Waals surface area contributed by atoms with Crippen LogP contribution in [-0.2, 0) is 0 Å². The summed E-state index contributed by atoms with van der Waals surface area (Å²) < 4.78 is 0. The summed E-state index contributed by atoms with van der Waals surface area (Å²) in [4.78, 5) is 2.13. The van der Waals surface area contributed by atoms with Gasteiger partial charge >= 0.3 is 0 Å². The van der Waals surface area contributed by atoms with Crippen molar-refractivity contribution in [2.45, 2.75) is 44.9 Å². The maximum absolute atomic E-state index is 10.1. The number of likely N-dealkylation sites (N-methyl/N-ethyl adjacent to an activating group) is 1. The molecular weight excluding hydrogens is 226 g/mol. The predicted molar refractivity (Wildman–Crippen MR) is 72.5 cm³/mol. The van der Waals surface area contributed by atoms with Gasteiger partial charge in [0.1, 0.15) is 5.60 Å². The second-order valence-electron chi connectivity index (χ2n) is 5.90. The Morgan fingerprint density at radius 2 is 2.00 bits per heavy atom. The van der Waals surface area contributed by atoms with Gasteiger partial charge in [-0.1, -0.05) is 23.8 Å². The van der Waals surface area contributed by atoms with Crippen LogP contribution in [0.15, 0.2) is 18.2 Å². The van der Waals surface area contributed by atoms with E-state index < -0.39 is 11.7 Å². The minimum atomic E-state index is -1.01. The maximum atomic E-state index is 10.1. The standard InChI is InChI=1S/C15H23NO2/c1-10-5-6-12(11(2)7-10)13-8-14(17)15(3,18)9-16(13)4/h5-7,13-14,17-18H,8-9H2,1-4H3. The van der Waals surface area contributed by atoms with Crippen LogP contribution < -0.4 is 0 Å². The van der Waals surface area contributed by atoms with Gasteiger partial charge in [-0.2, -0.15) is 0 Å². The lowest BCUT2D eigenvalue weighted by Crippen LogP contribution is -2.54. The maximum Gasteiger partial charge on any atom is 0.100 e. The highest BCUT2D eigenvalue weighted by Gasteiger charge is 2.40. The summed E-state index contributed by atoms with van der Waals surface area (Å²) in [6, 6.07) is 6.59. The van der Waals surface area contributed by atoms with Crippen LogP contribution in [-0.4, -0.2) is 40.4 Å². The Bertz CT molecular complexity index is 442. The Morgan fingerprint density at radius 1 is 1.33 bits per heavy atom. The highest BCUT2D eigenvalue weighted by atomic mass is 16.3. The van der Waals surface area contributed by atoms with E-state index in [0.717, 1.165) is 0 Å². The van der Waals surface area contributed by atoms with Crippen molar-refractivity contribution in [3.8, 4) is 0 Å². The fraction of sp³-hybridized carbons (Fsp3) is 0.600. The van der Waals surface area contributed by atoms with Gasteiger partial charge < -0.3 is 10.2 Å². The fourth-order valence-electron chi connectivity index (χ4n) is 2.93. The molecule has 0 bridgehead atoms. The van der Waals surface area contributed by atoms with Crippen LogP contribution in [0.5, 0.6) is 0 Å². The van der Waals surface area contributed by atoms with Gasteiger partial charge in [-0.15, -0.1) is 0 Å². The van der Waals surface area contributed by atoms with Crippen molar-refractivity contribution in [2.75, 3.05) is 13.6 Å². The van der Waals surface area contributed by atoms with Gasteiger partial charge in [0.05, 0.1) is 6.10 Å². The van der Waals surface area contributed by atoms with E-state index in [-0.39, 0.29) is 6.04 Å². The second kappa shape index (κ2) is 4.65. The van der Waals surface area contributed by atoms with Crippen LogP contribution in [0, 0.1) is 13.8 Å². The summed E-state index contributed by atoms with van der Waals surface area (Å²) in [6.07, 6.45) is -0.0904. The Kier molecular flexibility index (Phi) is 3.49. The Labute approximate surface area is 109 Å². The molecular formula is C15H23NO2. The van der Waals surface area contributed by atoms with Crippen LogP contribution >= 0.6 is 0 Å². The monoisotopic (exact) mass is 249 g/mol. The van der Waals surface area contributed by atoms with Gasteiger partial charge in [0.15, 0.2) is 0 Å². The molecule has 0 aliphatic carbocycles. The number of hydrogen-bond donors (Lipinski definition) is 2. The first-order valence-corrected chi connectivity index (χ1v) is 6.49. The van der Waals surface area contributed by atoms with Gasteiger partial charge in [-0.3, -0.25) is 4.90 Å². The summed E-state index contributed by atoms with van der Waals surface area (Å²) in [5, 5.41) is 20.2. The van der Waals surface area contributed by atoms with E-state index in [2.05, 4.69) is 36.9 Å². The molecule has 0 aromatic heterocycles. The van der Waals surface area contributed by atoms with Crippen molar-refractivity contribution in [3.05, 3.63) is 34.9 Å². The van der Waals surface area contributed by atoms with Crippen LogP contribution in [0.25, 0.3) is 0 Å². The summed E-state index contributed by atoms with van der Waals surface area (Å²) >= 11 is 0. The highest BCUT2D eigenvalue weighted by molar-refractivity contribution is 5.33. The van der Waals surface area contributed by atoms with E-state index in [0.29, 0.717) is 13.0 Å². The number of aliphatic hydroxyl groups is 2. The summed E-state index contributed by atoms with van der Waals surface area (Å²) in [5.41, 5.74) is 2.74. The van der Waals surface area contributed by atoms with Crippen LogP contribution in [0.3, 0.4) is 0 Å². The molecule has 1 aromatic carbocycles. The zero-order valence-electron chi connectivity index (χ0n) is 11.6. The highest BCUT2D eigenvalue weighted by Crippen LogP contribution is 2.35. The third-order valence-electron chi connectivity index (χ3n) is 4.05. The SMILES string of the molecule is Cc1ccc(C2CC(O)C(C)(O)CN2C)c(C)c1. The van der Waals surface area contributed by atoms with Crippen molar-refractivity contribution in [1.29, 1.82) is 0 Å². The molecule has 3 heteroatoms. The number of hydrogen-bond acceptors (Lipinski definition) is 3. The van der Waals surface area contributed by atoms with Crippen molar-refractivity contribution < 1.29 is 10.2 Å². The molecule has 100 valence electrons. The zero-order valence-corrected chi connectivity index (χ0v) is 11.6. The summed E-state index contributed by atoms with van der Waals surface area (Å²) in [6.45, 7) is 6.38. The number of likely N-dealkylation sites (tertiary alicyclic amines) is 1. The number of piperidine rings is 1. The van der Waals surface area contributed by atoms with Gasteiger partial charge in [-0.05, 0) is 45.4 Å². The molecule has 0 amide bonds. The second-order valence-corrected chi connectivity index (χ2v) is 5.90. The molecule has 1 saturated heterocycles. The van der Waals surface area contributed by atoms with Gasteiger partial charge in [-0.25, -0.2) is 0 Å². The van der Waals surface area contributed by atoms with Crippen molar-refractivity contribution >= 4 is 0 Å². The first kappa shape index (κ1) is 13.5. The minimum absolute atomic E-state index is 0.181. The van der Waals surface area contributed by atoms with E-state index >= 15 is 0 Å². The van der Waals surface area contributed by atoms with E-state index in [9.17, 15) is 10.2 Å². The molecule has 1 aromatic rings. The van der Waals surface area contributed by atoms with Gasteiger partial charge in [0.2, 0.25) is 0 Å². The molecule has 3 nitrogen and oxygen atoms in total. The Hall–Kier alpha value is -0.900. The summed E-state index contributed by atoms with van der Waals surface area (Å²) in [7, 11) is 2.00. The zero-order chi connectivity index (χ0) is 13.5. The Balaban J connectivity index is 2.29. The molecule has 1 heterocycles. The van der Waals surface area contributed by atoms with Gasteiger partial charge in [0.25, 0.3) is 0 Å². The number of aliphatic hydroxyl groups excluding tert-OH is 1. The molecule has 3 atom stereocenters. The molecule has 2 N–H and O–H groups in total. The number of β-amino-alcohol motifs (C(OH)–C–C–N with tert-alkyl or cyclic N) is 1. The molecule has 0 saturated carbocycles. The first-order valence-electron chi connectivity index (χ1n) is 6.49. The molecule has 0 spiro atoms. The lowest BCUT2D eigenvalue weighted by atomic mass is 9.83. The van der Waals surface area contributed by atoms with E-state index in [1.807, 2.05) is 7.05 Å².